The molecular formula is C21H25NO6. The molecule has 1 aromatic heterocycles. The number of Topliss-reactive ketones (excluding diaryl/α,β-unsaturated/α-hetero) is 2. The molecule has 0 radical (unpaired) electrons. The number of ketones is 2. The fourth-order valence-corrected chi connectivity index (χ4v) is 3.08. The van der Waals surface area contributed by atoms with Crippen molar-refractivity contribution in [2.45, 2.75) is 40.7 Å². The van der Waals surface area contributed by atoms with Gasteiger partial charge in [0.25, 0.3) is 0 Å². The Labute approximate surface area is 164 Å². The summed E-state index contributed by atoms with van der Waals surface area (Å²) in [6, 6.07) is 4.66. The van der Waals surface area contributed by atoms with E-state index >= 15 is 0 Å². The second kappa shape index (κ2) is 8.73. The molecule has 150 valence electrons. The highest BCUT2D eigenvalue weighted by Crippen LogP contribution is 2.28. The number of aryl methyl sites for hydroxylation is 1. The van der Waals surface area contributed by atoms with E-state index in [4.69, 9.17) is 14.2 Å². The minimum absolute atomic E-state index is 0.128. The zero-order valence-corrected chi connectivity index (χ0v) is 17.0. The number of H-pyrrole nitrogens is 1. The van der Waals surface area contributed by atoms with E-state index in [2.05, 4.69) is 4.98 Å². The minimum Gasteiger partial charge on any atom is -0.493 e. The van der Waals surface area contributed by atoms with Crippen molar-refractivity contribution in [1.29, 1.82) is 0 Å². The summed E-state index contributed by atoms with van der Waals surface area (Å²) in [5.74, 6) is -0.272. The molecular weight excluding hydrogens is 362 g/mol. The van der Waals surface area contributed by atoms with E-state index in [1.165, 1.54) is 27.0 Å². The maximum absolute atomic E-state index is 12.7. The van der Waals surface area contributed by atoms with E-state index < -0.39 is 17.9 Å². The van der Waals surface area contributed by atoms with Crippen LogP contribution < -0.4 is 9.47 Å². The van der Waals surface area contributed by atoms with Crippen molar-refractivity contribution in [3.63, 3.8) is 0 Å². The summed E-state index contributed by atoms with van der Waals surface area (Å²) in [5.41, 5.74) is 2.17. The number of aromatic amines is 1. The Balaban J connectivity index is 2.21. The Morgan fingerprint density at radius 3 is 2.36 bits per heavy atom. The maximum Gasteiger partial charge on any atom is 0.338 e. The summed E-state index contributed by atoms with van der Waals surface area (Å²) >= 11 is 0. The first-order valence-corrected chi connectivity index (χ1v) is 8.97. The van der Waals surface area contributed by atoms with Gasteiger partial charge < -0.3 is 19.2 Å². The molecule has 7 nitrogen and oxygen atoms in total. The number of carbonyl (C=O) groups excluding carboxylic acids is 3. The molecule has 0 amide bonds. The molecule has 0 bridgehead atoms. The summed E-state index contributed by atoms with van der Waals surface area (Å²) in [4.78, 5) is 39.9. The van der Waals surface area contributed by atoms with Crippen LogP contribution in [0.25, 0.3) is 0 Å². The first kappa shape index (κ1) is 21.2. The van der Waals surface area contributed by atoms with E-state index in [1.807, 2.05) is 6.92 Å². The zero-order valence-electron chi connectivity index (χ0n) is 17.0. The van der Waals surface area contributed by atoms with Gasteiger partial charge in [-0.2, -0.15) is 0 Å². The van der Waals surface area contributed by atoms with Crippen molar-refractivity contribution in [1.82, 2.24) is 4.98 Å². The SMILES string of the molecule is CCOc1cc(C(=O)O[C@@H](C)C(=O)c2[nH]c(C)c(C(C)=O)c2C)ccc1OC. The van der Waals surface area contributed by atoms with Crippen molar-refractivity contribution in [3.8, 4) is 11.5 Å². The number of methoxy groups -OCH3 is 1. The van der Waals surface area contributed by atoms with Crippen LogP contribution in [0.2, 0.25) is 0 Å². The molecule has 0 unspecified atom stereocenters. The van der Waals surface area contributed by atoms with E-state index in [-0.39, 0.29) is 17.0 Å². The van der Waals surface area contributed by atoms with Gasteiger partial charge in [-0.25, -0.2) is 4.79 Å². The predicted octanol–water partition coefficient (Wildman–Crippen LogP) is 3.67. The third kappa shape index (κ3) is 4.24. The lowest BCUT2D eigenvalue weighted by molar-refractivity contribution is 0.0316. The third-order valence-corrected chi connectivity index (χ3v) is 4.39. The van der Waals surface area contributed by atoms with Crippen LogP contribution in [-0.2, 0) is 4.74 Å². The van der Waals surface area contributed by atoms with Gasteiger partial charge in [-0.05, 0) is 58.4 Å². The molecule has 28 heavy (non-hydrogen) atoms. The Kier molecular flexibility index (Phi) is 6.62. The van der Waals surface area contributed by atoms with Gasteiger partial charge in [0.2, 0.25) is 5.78 Å². The molecule has 1 N–H and O–H groups in total. The molecule has 0 saturated carbocycles. The van der Waals surface area contributed by atoms with Crippen molar-refractivity contribution in [2.75, 3.05) is 13.7 Å². The van der Waals surface area contributed by atoms with Crippen LogP contribution in [0.1, 0.15) is 63.2 Å². The first-order valence-electron chi connectivity index (χ1n) is 8.97. The average molecular weight is 387 g/mol. The van der Waals surface area contributed by atoms with E-state index in [0.29, 0.717) is 34.9 Å². The monoisotopic (exact) mass is 387 g/mol. The van der Waals surface area contributed by atoms with Gasteiger partial charge in [-0.3, -0.25) is 9.59 Å². The largest absolute Gasteiger partial charge is 0.493 e. The molecule has 0 spiro atoms. The number of hydrogen-bond acceptors (Lipinski definition) is 6. The van der Waals surface area contributed by atoms with Crippen molar-refractivity contribution >= 4 is 17.5 Å². The van der Waals surface area contributed by atoms with Gasteiger partial charge >= 0.3 is 5.97 Å². The highest BCUT2D eigenvalue weighted by atomic mass is 16.5. The molecule has 2 rings (SSSR count). The van der Waals surface area contributed by atoms with Crippen LogP contribution in [0.15, 0.2) is 18.2 Å². The average Bonchev–Trinajstić information content (AvgIpc) is 2.95. The first-order chi connectivity index (χ1) is 13.2. The summed E-state index contributed by atoms with van der Waals surface area (Å²) in [6.45, 7) is 8.59. The van der Waals surface area contributed by atoms with Crippen molar-refractivity contribution in [3.05, 3.63) is 46.3 Å². The molecule has 0 saturated heterocycles. The predicted molar refractivity (Wildman–Crippen MR) is 104 cm³/mol. The third-order valence-electron chi connectivity index (χ3n) is 4.39. The quantitative estimate of drug-likeness (QED) is 0.549. The van der Waals surface area contributed by atoms with Crippen LogP contribution in [0.4, 0.5) is 0 Å². The zero-order chi connectivity index (χ0) is 21.0. The lowest BCUT2D eigenvalue weighted by Crippen LogP contribution is -2.25. The van der Waals surface area contributed by atoms with Gasteiger partial charge in [0.1, 0.15) is 0 Å². The van der Waals surface area contributed by atoms with Crippen LogP contribution in [0.5, 0.6) is 11.5 Å². The number of carbonyl (C=O) groups is 3. The summed E-state index contributed by atoms with van der Waals surface area (Å²) in [6.07, 6.45) is -1.03. The van der Waals surface area contributed by atoms with Crippen molar-refractivity contribution < 1.29 is 28.6 Å². The molecule has 0 aliphatic heterocycles. The Morgan fingerprint density at radius 1 is 1.14 bits per heavy atom. The van der Waals surface area contributed by atoms with E-state index in [0.717, 1.165) is 0 Å². The topological polar surface area (TPSA) is 94.7 Å². The van der Waals surface area contributed by atoms with Gasteiger partial charge in [0.05, 0.1) is 25.0 Å². The summed E-state index contributed by atoms with van der Waals surface area (Å²) in [5, 5.41) is 0. The fraction of sp³-hybridized carbons (Fsp3) is 0.381. The molecule has 0 aliphatic carbocycles. The number of benzene rings is 1. The van der Waals surface area contributed by atoms with E-state index in [9.17, 15) is 14.4 Å². The molecule has 7 heteroatoms. The highest BCUT2D eigenvalue weighted by molar-refractivity contribution is 6.05. The number of esters is 1. The molecule has 1 atom stereocenters. The van der Waals surface area contributed by atoms with Gasteiger partial charge in [-0.1, -0.05) is 0 Å². The van der Waals surface area contributed by atoms with Gasteiger partial charge in [0, 0.05) is 11.3 Å². The Hall–Kier alpha value is -3.09. The van der Waals surface area contributed by atoms with Crippen LogP contribution in [0, 0.1) is 13.8 Å². The van der Waals surface area contributed by atoms with Crippen LogP contribution in [-0.4, -0.2) is 42.3 Å². The smallest absolute Gasteiger partial charge is 0.338 e. The number of ether oxygens (including phenoxy) is 3. The van der Waals surface area contributed by atoms with Gasteiger partial charge in [0.15, 0.2) is 23.4 Å². The van der Waals surface area contributed by atoms with Gasteiger partial charge in [-0.15, -0.1) is 0 Å². The minimum atomic E-state index is -1.03. The number of rotatable bonds is 8. The second-order valence-corrected chi connectivity index (χ2v) is 6.39. The molecule has 0 fully saturated rings. The Morgan fingerprint density at radius 2 is 1.82 bits per heavy atom. The highest BCUT2D eigenvalue weighted by Gasteiger charge is 2.26. The lowest BCUT2D eigenvalue weighted by atomic mass is 10.0. The maximum atomic E-state index is 12.7. The lowest BCUT2D eigenvalue weighted by Gasteiger charge is -2.14. The molecule has 1 heterocycles. The number of nitrogens with one attached hydrogen (secondary N) is 1. The second-order valence-electron chi connectivity index (χ2n) is 6.39. The Bertz CT molecular complexity index is 912. The summed E-state index contributed by atoms with van der Waals surface area (Å²) < 4.78 is 16.0. The van der Waals surface area contributed by atoms with Crippen molar-refractivity contribution in [2.24, 2.45) is 0 Å². The molecule has 0 aliphatic rings. The number of hydrogen-bond donors (Lipinski definition) is 1. The molecule has 1 aromatic carbocycles. The summed E-state index contributed by atoms with van der Waals surface area (Å²) in [7, 11) is 1.51. The number of aromatic nitrogens is 1. The van der Waals surface area contributed by atoms with Crippen LogP contribution >= 0.6 is 0 Å². The van der Waals surface area contributed by atoms with Crippen LogP contribution in [0.3, 0.4) is 0 Å². The van der Waals surface area contributed by atoms with E-state index in [1.54, 1.807) is 26.0 Å². The standard InChI is InChI=1S/C21H25NO6/c1-7-27-17-10-15(8-9-16(17)26-6)21(25)28-14(5)20(24)19-11(2)18(13(4)23)12(3)22-19/h8-10,14,22H,7H2,1-6H3/t14-/m0/s1. The molecule has 2 aromatic rings. The fourth-order valence-electron chi connectivity index (χ4n) is 3.08. The normalized spacial score (nSPS) is 11.6.